The summed E-state index contributed by atoms with van der Waals surface area (Å²) in [6, 6.07) is 7.02. The van der Waals surface area contributed by atoms with Crippen molar-refractivity contribution in [3.63, 3.8) is 0 Å². The molecule has 0 heterocycles. The van der Waals surface area contributed by atoms with Crippen LogP contribution in [-0.4, -0.2) is 64.9 Å². The van der Waals surface area contributed by atoms with Gasteiger partial charge in [0.2, 0.25) is 11.8 Å². The summed E-state index contributed by atoms with van der Waals surface area (Å²) in [5.41, 5.74) is 0.478. The van der Waals surface area contributed by atoms with Crippen LogP contribution < -0.4 is 10.1 Å². The minimum absolute atomic E-state index is 0.0546. The van der Waals surface area contributed by atoms with Crippen molar-refractivity contribution in [3.8, 4) is 5.75 Å². The predicted molar refractivity (Wildman–Crippen MR) is 162 cm³/mol. The van der Waals surface area contributed by atoms with Crippen LogP contribution in [0.3, 0.4) is 0 Å². The first-order valence-corrected chi connectivity index (χ1v) is 16.0. The number of hydrogen-bond acceptors (Lipinski definition) is 5. The molecule has 2 amide bonds. The Morgan fingerprint density at radius 2 is 1.72 bits per heavy atom. The van der Waals surface area contributed by atoms with E-state index in [1.165, 1.54) is 38.5 Å². The number of nitrogens with one attached hydrogen (secondary N) is 1. The van der Waals surface area contributed by atoms with E-state index in [2.05, 4.69) is 34.8 Å². The van der Waals surface area contributed by atoms with Crippen LogP contribution >= 0.6 is 22.6 Å². The van der Waals surface area contributed by atoms with Crippen LogP contribution in [0, 0.1) is 9.49 Å². The first kappa shape index (κ1) is 31.9. The van der Waals surface area contributed by atoms with Crippen LogP contribution in [0.5, 0.6) is 5.75 Å². The fourth-order valence-electron chi connectivity index (χ4n) is 5.20. The lowest BCUT2D eigenvalue weighted by molar-refractivity contribution is -0.139. The zero-order valence-electron chi connectivity index (χ0n) is 23.5. The van der Waals surface area contributed by atoms with Crippen molar-refractivity contribution in [1.29, 1.82) is 0 Å². The second-order valence-corrected chi connectivity index (χ2v) is 12.2. The number of aliphatic hydroxyl groups is 2. The molecule has 0 saturated heterocycles. The number of nitrogens with zero attached hydrogens (tertiary/aromatic N) is 1. The number of para-hydroxylation sites is 1. The standard InChI is InChI=1S/C31H47IN2O5/c1-2-3-4-5-6-7-8-9-10-15-29(36)34(22-23-16-17-23)26-20-24(31(38)33-18-19-35)21-28(30(26)37)39-27-14-12-11-13-25(27)32/h11-14,21,23,26,28,30,35,37H,2-10,15-20,22H2,1H3,(H,33,38). The van der Waals surface area contributed by atoms with E-state index in [0.717, 1.165) is 35.7 Å². The number of rotatable bonds is 18. The van der Waals surface area contributed by atoms with E-state index >= 15 is 0 Å². The molecule has 3 rings (SSSR count). The van der Waals surface area contributed by atoms with Crippen LogP contribution in [-0.2, 0) is 9.59 Å². The summed E-state index contributed by atoms with van der Waals surface area (Å²) in [5.74, 6) is 0.842. The van der Waals surface area contributed by atoms with Gasteiger partial charge >= 0.3 is 0 Å². The van der Waals surface area contributed by atoms with Gasteiger partial charge in [-0.25, -0.2) is 0 Å². The zero-order chi connectivity index (χ0) is 28.0. The smallest absolute Gasteiger partial charge is 0.247 e. The van der Waals surface area contributed by atoms with Crippen molar-refractivity contribution in [1.82, 2.24) is 10.2 Å². The van der Waals surface area contributed by atoms with Crippen molar-refractivity contribution in [3.05, 3.63) is 39.5 Å². The molecule has 8 heteroatoms. The fourth-order valence-corrected chi connectivity index (χ4v) is 5.71. The summed E-state index contributed by atoms with van der Waals surface area (Å²) >= 11 is 2.19. The van der Waals surface area contributed by atoms with Gasteiger partial charge in [0.1, 0.15) is 18.0 Å². The molecule has 3 atom stereocenters. The molecule has 1 aromatic carbocycles. The lowest BCUT2D eigenvalue weighted by Crippen LogP contribution is -2.55. The number of aliphatic hydroxyl groups excluding tert-OH is 2. The van der Waals surface area contributed by atoms with E-state index < -0.39 is 18.2 Å². The summed E-state index contributed by atoms with van der Waals surface area (Å²) in [6.45, 7) is 2.84. The second-order valence-electron chi connectivity index (χ2n) is 11.0. The molecule has 1 aromatic rings. The number of benzene rings is 1. The number of ether oxygens (including phenoxy) is 1. The Kier molecular flexibility index (Phi) is 14.1. The molecule has 2 aliphatic carbocycles. The van der Waals surface area contributed by atoms with Gasteiger partial charge in [-0.05, 0) is 66.0 Å². The average molecular weight is 655 g/mol. The monoisotopic (exact) mass is 654 g/mol. The third kappa shape index (κ3) is 10.7. The largest absolute Gasteiger partial charge is 0.482 e. The third-order valence-corrected chi connectivity index (χ3v) is 8.57. The van der Waals surface area contributed by atoms with Gasteiger partial charge in [-0.1, -0.05) is 70.4 Å². The molecule has 2 aliphatic rings. The molecule has 0 radical (unpaired) electrons. The van der Waals surface area contributed by atoms with Crippen molar-refractivity contribution < 1.29 is 24.5 Å². The van der Waals surface area contributed by atoms with Crippen molar-refractivity contribution in [2.75, 3.05) is 19.7 Å². The van der Waals surface area contributed by atoms with E-state index in [0.29, 0.717) is 30.2 Å². The molecule has 3 unspecified atom stereocenters. The molecular weight excluding hydrogens is 607 g/mol. The van der Waals surface area contributed by atoms with Gasteiger partial charge < -0.3 is 25.2 Å². The summed E-state index contributed by atoms with van der Waals surface area (Å²) in [4.78, 5) is 28.3. The summed E-state index contributed by atoms with van der Waals surface area (Å²) < 4.78 is 7.13. The minimum Gasteiger partial charge on any atom is -0.482 e. The van der Waals surface area contributed by atoms with E-state index in [-0.39, 0.29) is 31.4 Å². The zero-order valence-corrected chi connectivity index (χ0v) is 25.6. The van der Waals surface area contributed by atoms with Crippen LogP contribution in [0.4, 0.5) is 0 Å². The number of carbonyl (C=O) groups is 2. The highest BCUT2D eigenvalue weighted by Gasteiger charge is 2.42. The Morgan fingerprint density at radius 1 is 1.05 bits per heavy atom. The molecule has 0 bridgehead atoms. The van der Waals surface area contributed by atoms with Gasteiger partial charge in [-0.2, -0.15) is 0 Å². The minimum atomic E-state index is -0.957. The lowest BCUT2D eigenvalue weighted by atomic mass is 9.87. The van der Waals surface area contributed by atoms with Gasteiger partial charge in [0.25, 0.3) is 0 Å². The molecular formula is C31H47IN2O5. The van der Waals surface area contributed by atoms with Crippen LogP contribution in [0.1, 0.15) is 90.4 Å². The van der Waals surface area contributed by atoms with Crippen molar-refractivity contribution >= 4 is 34.4 Å². The average Bonchev–Trinajstić information content (AvgIpc) is 3.76. The number of halogens is 1. The third-order valence-electron chi connectivity index (χ3n) is 7.68. The van der Waals surface area contributed by atoms with E-state index in [1.54, 1.807) is 6.08 Å². The molecule has 3 N–H and O–H groups in total. The van der Waals surface area contributed by atoms with Gasteiger partial charge in [0.15, 0.2) is 0 Å². The van der Waals surface area contributed by atoms with Crippen molar-refractivity contribution in [2.24, 2.45) is 5.92 Å². The Balaban J connectivity index is 1.67. The first-order valence-electron chi connectivity index (χ1n) is 14.9. The number of unbranched alkanes of at least 4 members (excludes halogenated alkanes) is 8. The van der Waals surface area contributed by atoms with Crippen LogP contribution in [0.2, 0.25) is 0 Å². The van der Waals surface area contributed by atoms with Gasteiger partial charge in [0.05, 0.1) is 16.2 Å². The predicted octanol–water partition coefficient (Wildman–Crippen LogP) is 5.37. The Bertz CT molecular complexity index is 935. The maximum atomic E-state index is 13.5. The molecule has 0 spiro atoms. The Hall–Kier alpha value is -1.65. The van der Waals surface area contributed by atoms with Crippen LogP contribution in [0.25, 0.3) is 0 Å². The lowest BCUT2D eigenvalue weighted by Gasteiger charge is -2.40. The normalized spacial score (nSPS) is 20.8. The van der Waals surface area contributed by atoms with Crippen LogP contribution in [0.15, 0.2) is 35.9 Å². The molecule has 218 valence electrons. The number of hydrogen-bond donors (Lipinski definition) is 3. The fraction of sp³-hybridized carbons (Fsp3) is 0.677. The molecule has 0 aliphatic heterocycles. The highest BCUT2D eigenvalue weighted by molar-refractivity contribution is 14.1. The molecule has 1 saturated carbocycles. The number of amides is 2. The molecule has 1 fully saturated rings. The Labute approximate surface area is 247 Å². The summed E-state index contributed by atoms with van der Waals surface area (Å²) in [5, 5.41) is 23.4. The SMILES string of the molecule is CCCCCCCCCCCC(=O)N(CC1CC1)C1CC(C(=O)NCCO)=CC(Oc2ccccc2I)C1O. The topological polar surface area (TPSA) is 99.1 Å². The van der Waals surface area contributed by atoms with Gasteiger partial charge in [-0.15, -0.1) is 0 Å². The van der Waals surface area contributed by atoms with Gasteiger partial charge in [-0.3, -0.25) is 9.59 Å². The molecule has 39 heavy (non-hydrogen) atoms. The quantitative estimate of drug-likeness (QED) is 0.146. The first-order chi connectivity index (χ1) is 18.9. The van der Waals surface area contributed by atoms with Crippen molar-refractivity contribution in [2.45, 2.75) is 109 Å². The van der Waals surface area contributed by atoms with E-state index in [1.807, 2.05) is 29.2 Å². The van der Waals surface area contributed by atoms with E-state index in [9.17, 15) is 19.8 Å². The van der Waals surface area contributed by atoms with Gasteiger partial charge in [0, 0.05) is 31.5 Å². The second kappa shape index (κ2) is 17.2. The molecule has 0 aromatic heterocycles. The molecule has 7 nitrogen and oxygen atoms in total. The Morgan fingerprint density at radius 3 is 2.36 bits per heavy atom. The van der Waals surface area contributed by atoms with E-state index in [4.69, 9.17) is 4.74 Å². The maximum absolute atomic E-state index is 13.5. The maximum Gasteiger partial charge on any atom is 0.247 e. The highest BCUT2D eigenvalue weighted by Crippen LogP contribution is 2.35. The highest BCUT2D eigenvalue weighted by atomic mass is 127. The number of carbonyl (C=O) groups excluding carboxylic acids is 2. The summed E-state index contributed by atoms with van der Waals surface area (Å²) in [7, 11) is 0. The summed E-state index contributed by atoms with van der Waals surface area (Å²) in [6.07, 6.45) is 13.6.